The first-order valence-electron chi connectivity index (χ1n) is 12.7. The molecule has 0 spiro atoms. The highest BCUT2D eigenvalue weighted by Gasteiger charge is 2.35. The fraction of sp³-hybridized carbons (Fsp3) is 0.552. The largest absolute Gasteiger partial charge is 0.416 e. The van der Waals surface area contributed by atoms with Gasteiger partial charge in [0, 0.05) is 6.92 Å². The van der Waals surface area contributed by atoms with E-state index in [0.717, 1.165) is 32.1 Å². The molecule has 0 radical (unpaired) electrons. The molecule has 35 heavy (non-hydrogen) atoms. The van der Waals surface area contributed by atoms with Crippen molar-refractivity contribution in [2.75, 3.05) is 4.31 Å². The molecule has 0 heterocycles. The van der Waals surface area contributed by atoms with E-state index < -0.39 is 16.2 Å². The summed E-state index contributed by atoms with van der Waals surface area (Å²) in [6.45, 7) is 21.6. The Hall–Kier alpha value is -2.34. The third-order valence-corrected chi connectivity index (χ3v) is 7.59. The number of amides is 1. The number of para-hydroxylation sites is 1. The highest BCUT2D eigenvalue weighted by Crippen LogP contribution is 2.41. The molecule has 0 saturated carbocycles. The molecule has 0 bridgehead atoms. The first-order chi connectivity index (χ1) is 16.1. The molecule has 5 nitrogen and oxygen atoms in total. The molecule has 0 atom stereocenters. The van der Waals surface area contributed by atoms with Crippen molar-refractivity contribution in [1.29, 1.82) is 0 Å². The van der Waals surface area contributed by atoms with Crippen LogP contribution in [0.25, 0.3) is 0 Å². The van der Waals surface area contributed by atoms with Gasteiger partial charge in [-0.3, -0.25) is 4.79 Å². The lowest BCUT2D eigenvalue weighted by Gasteiger charge is -2.30. The van der Waals surface area contributed by atoms with Gasteiger partial charge in [0.25, 0.3) is 0 Å². The summed E-state index contributed by atoms with van der Waals surface area (Å²) in [5.74, 6) is 0.0999. The number of rotatable bonds is 9. The first-order valence-corrected chi connectivity index (χ1v) is 14.0. The van der Waals surface area contributed by atoms with E-state index in [1.54, 1.807) is 0 Å². The maximum Gasteiger partial charge on any atom is 0.416 e. The van der Waals surface area contributed by atoms with Crippen LogP contribution >= 0.6 is 0 Å². The first kappa shape index (κ1) is 28.9. The lowest BCUT2D eigenvalue weighted by molar-refractivity contribution is -0.115. The Morgan fingerprint density at radius 2 is 1.11 bits per heavy atom. The Balaban J connectivity index is 2.86. The third kappa shape index (κ3) is 6.27. The molecule has 0 N–H and O–H groups in total. The van der Waals surface area contributed by atoms with Gasteiger partial charge in [0.05, 0.1) is 5.69 Å². The quantitative estimate of drug-likeness (QED) is 0.349. The van der Waals surface area contributed by atoms with Crippen molar-refractivity contribution in [3.8, 4) is 5.75 Å². The maximum atomic E-state index is 13.9. The second-order valence-corrected chi connectivity index (χ2v) is 12.3. The van der Waals surface area contributed by atoms with Crippen LogP contribution in [0, 0.1) is 0 Å². The Morgan fingerprint density at radius 1 is 0.714 bits per heavy atom. The molecule has 0 fully saturated rings. The van der Waals surface area contributed by atoms with Crippen molar-refractivity contribution >= 4 is 21.9 Å². The summed E-state index contributed by atoms with van der Waals surface area (Å²) in [5, 5.41) is 0. The monoisotopic (exact) mass is 501 g/mol. The van der Waals surface area contributed by atoms with Crippen LogP contribution < -0.4 is 8.49 Å². The number of carbonyl (C=O) groups excluding carboxylic acids is 1. The minimum absolute atomic E-state index is 0.00688. The molecule has 2 aromatic carbocycles. The second kappa shape index (κ2) is 11.2. The summed E-state index contributed by atoms with van der Waals surface area (Å²) >= 11 is 0. The van der Waals surface area contributed by atoms with Gasteiger partial charge in [-0.2, -0.15) is 12.7 Å². The van der Waals surface area contributed by atoms with Crippen LogP contribution in [0.5, 0.6) is 5.75 Å². The molecule has 0 aliphatic carbocycles. The molecule has 0 aromatic heterocycles. The van der Waals surface area contributed by atoms with Crippen LogP contribution in [-0.4, -0.2) is 14.3 Å². The van der Waals surface area contributed by atoms with Crippen molar-refractivity contribution < 1.29 is 17.4 Å². The third-order valence-electron chi connectivity index (χ3n) is 6.32. The predicted molar refractivity (Wildman–Crippen MR) is 146 cm³/mol. The summed E-state index contributed by atoms with van der Waals surface area (Å²) in [4.78, 5) is 13.1. The van der Waals surface area contributed by atoms with Crippen molar-refractivity contribution in [2.45, 2.75) is 106 Å². The highest BCUT2D eigenvalue weighted by atomic mass is 32.2. The summed E-state index contributed by atoms with van der Waals surface area (Å²) < 4.78 is 34.7. The Labute approximate surface area is 213 Å². The molecule has 0 aliphatic heterocycles. The minimum atomic E-state index is -4.50. The van der Waals surface area contributed by atoms with E-state index in [0.29, 0.717) is 11.4 Å². The van der Waals surface area contributed by atoms with Crippen LogP contribution in [0.15, 0.2) is 30.3 Å². The van der Waals surface area contributed by atoms with Crippen molar-refractivity contribution in [1.82, 2.24) is 0 Å². The van der Waals surface area contributed by atoms with Crippen LogP contribution in [0.4, 0.5) is 5.69 Å². The second-order valence-electron chi connectivity index (χ2n) is 10.9. The zero-order chi connectivity index (χ0) is 26.8. The Kier molecular flexibility index (Phi) is 9.21. The van der Waals surface area contributed by atoms with Gasteiger partial charge in [0.1, 0.15) is 0 Å². The molecule has 194 valence electrons. The number of anilines is 1. The molecular weight excluding hydrogens is 458 g/mol. The normalized spacial score (nSPS) is 12.3. The highest BCUT2D eigenvalue weighted by molar-refractivity contribution is 7.89. The summed E-state index contributed by atoms with van der Waals surface area (Å²) in [6.07, 6.45) is 0. The van der Waals surface area contributed by atoms with E-state index in [9.17, 15) is 13.2 Å². The summed E-state index contributed by atoms with van der Waals surface area (Å²) in [6, 6.07) is 9.75. The van der Waals surface area contributed by atoms with Gasteiger partial charge in [0.15, 0.2) is 5.75 Å². The molecule has 0 aliphatic rings. The fourth-order valence-electron chi connectivity index (χ4n) is 4.30. The van der Waals surface area contributed by atoms with Gasteiger partial charge in [-0.05, 0) is 57.4 Å². The van der Waals surface area contributed by atoms with E-state index in [2.05, 4.69) is 13.8 Å². The molecule has 2 aromatic rings. The minimum Gasteiger partial charge on any atom is -0.366 e. The van der Waals surface area contributed by atoms with Crippen molar-refractivity contribution in [3.63, 3.8) is 0 Å². The molecule has 0 unspecified atom stereocenters. The van der Waals surface area contributed by atoms with Gasteiger partial charge in [-0.1, -0.05) is 99.6 Å². The average Bonchev–Trinajstić information content (AvgIpc) is 2.72. The van der Waals surface area contributed by atoms with E-state index in [4.69, 9.17) is 4.18 Å². The van der Waals surface area contributed by atoms with Crippen LogP contribution in [0.2, 0.25) is 0 Å². The molecule has 1 amide bonds. The van der Waals surface area contributed by atoms with Gasteiger partial charge in [0.2, 0.25) is 5.91 Å². The zero-order valence-electron chi connectivity index (χ0n) is 23.3. The lowest BCUT2D eigenvalue weighted by atomic mass is 9.87. The van der Waals surface area contributed by atoms with Gasteiger partial charge >= 0.3 is 10.3 Å². The van der Waals surface area contributed by atoms with Crippen molar-refractivity contribution in [2.24, 2.45) is 0 Å². The smallest absolute Gasteiger partial charge is 0.366 e. The van der Waals surface area contributed by atoms with Crippen molar-refractivity contribution in [3.05, 3.63) is 58.1 Å². The van der Waals surface area contributed by atoms with E-state index in [1.807, 2.05) is 85.7 Å². The number of benzene rings is 2. The predicted octanol–water partition coefficient (Wildman–Crippen LogP) is 7.98. The lowest BCUT2D eigenvalue weighted by Crippen LogP contribution is -2.40. The van der Waals surface area contributed by atoms with E-state index in [1.165, 1.54) is 6.92 Å². The number of carbonyl (C=O) groups is 1. The van der Waals surface area contributed by atoms with Crippen LogP contribution in [0.1, 0.15) is 134 Å². The van der Waals surface area contributed by atoms with Crippen LogP contribution in [-0.2, 0) is 15.1 Å². The summed E-state index contributed by atoms with van der Waals surface area (Å²) in [7, 11) is -4.50. The average molecular weight is 502 g/mol. The van der Waals surface area contributed by atoms with E-state index >= 15 is 0 Å². The molecule has 6 heteroatoms. The molecule has 0 saturated heterocycles. The summed E-state index contributed by atoms with van der Waals surface area (Å²) in [5.41, 5.74) is 4.78. The standard InChI is InChI=1S/C29H43NO4S/c1-17(2)23-15-26(20(7)8)28(27(16-23)21(9)10)30(22(11)31)35(32,33)34-29-24(18(3)4)13-12-14-25(29)19(5)6/h12-21H,1-11H3. The van der Waals surface area contributed by atoms with Gasteiger partial charge < -0.3 is 4.18 Å². The SMILES string of the molecule is CC(=O)N(c1c(C(C)C)cc(C(C)C)cc1C(C)C)S(=O)(=O)Oc1c(C(C)C)cccc1C(C)C. The van der Waals surface area contributed by atoms with Gasteiger partial charge in [-0.25, -0.2) is 0 Å². The molecule has 2 rings (SSSR count). The topological polar surface area (TPSA) is 63.7 Å². The van der Waals surface area contributed by atoms with Crippen LogP contribution in [0.3, 0.4) is 0 Å². The zero-order valence-corrected chi connectivity index (χ0v) is 24.1. The fourth-order valence-corrected chi connectivity index (χ4v) is 5.53. The van der Waals surface area contributed by atoms with E-state index in [-0.39, 0.29) is 29.6 Å². The molecular formula is C29H43NO4S. The number of hydrogen-bond acceptors (Lipinski definition) is 4. The number of nitrogens with zero attached hydrogens (tertiary/aromatic N) is 1. The van der Waals surface area contributed by atoms with Gasteiger partial charge in [-0.15, -0.1) is 0 Å². The Bertz CT molecular complexity index is 1110. The maximum absolute atomic E-state index is 13.9. The number of hydrogen-bond donors (Lipinski definition) is 0. The Morgan fingerprint density at radius 3 is 1.43 bits per heavy atom.